The van der Waals surface area contributed by atoms with Crippen molar-refractivity contribution in [1.82, 2.24) is 15.1 Å². The van der Waals surface area contributed by atoms with Gasteiger partial charge < -0.3 is 15.6 Å². The molecule has 0 radical (unpaired) electrons. The summed E-state index contributed by atoms with van der Waals surface area (Å²) < 4.78 is 4.57. The van der Waals surface area contributed by atoms with E-state index in [1.54, 1.807) is 24.3 Å². The van der Waals surface area contributed by atoms with Crippen molar-refractivity contribution in [3.63, 3.8) is 0 Å². The van der Waals surface area contributed by atoms with Gasteiger partial charge in [0.15, 0.2) is 5.82 Å². The molecule has 10 nitrogen and oxygen atoms in total. The Kier molecular flexibility index (Phi) is 6.82. The van der Waals surface area contributed by atoms with Gasteiger partial charge in [0.05, 0.1) is 28.5 Å². The first kappa shape index (κ1) is 24.3. The summed E-state index contributed by atoms with van der Waals surface area (Å²) in [6.45, 7) is 0. The highest BCUT2D eigenvalue weighted by Gasteiger charge is 2.17. The van der Waals surface area contributed by atoms with Gasteiger partial charge in [-0.05, 0) is 48.7 Å². The monoisotopic (exact) mass is 506 g/mol. The van der Waals surface area contributed by atoms with E-state index in [9.17, 15) is 19.6 Å². The number of para-hydroxylation sites is 1. The van der Waals surface area contributed by atoms with Crippen LogP contribution in [-0.4, -0.2) is 26.9 Å². The quantitative estimate of drug-likeness (QED) is 0.241. The lowest BCUT2D eigenvalue weighted by molar-refractivity contribution is -0.116. The molecule has 10 heteroatoms. The van der Waals surface area contributed by atoms with Gasteiger partial charge in [-0.1, -0.05) is 47.6 Å². The number of amides is 2. The number of fused-ring (bicyclic) bond motifs is 1. The number of carbonyl (C=O) groups is 2. The van der Waals surface area contributed by atoms with E-state index in [4.69, 9.17) is 0 Å². The zero-order valence-corrected chi connectivity index (χ0v) is 20.1. The number of nitrogens with one attached hydrogen (secondary N) is 4. The van der Waals surface area contributed by atoms with Crippen LogP contribution in [-0.2, 0) is 11.2 Å². The summed E-state index contributed by atoms with van der Waals surface area (Å²) in [4.78, 5) is 42.7. The van der Waals surface area contributed by atoms with E-state index in [1.165, 1.54) is 17.7 Å². The third kappa shape index (κ3) is 5.37. The predicted molar refractivity (Wildman–Crippen MR) is 142 cm³/mol. The smallest absolute Gasteiger partial charge is 0.349 e. The number of rotatable bonds is 8. The van der Waals surface area contributed by atoms with Crippen molar-refractivity contribution in [2.45, 2.75) is 19.3 Å². The SMILES string of the molecule is N#Cc1ccc(NC(=O)c2cc3cccc(NC(=O)CCCc4ccccc4)c3[nH]2)c(-c2noc(=O)[nH]2)c1. The number of anilines is 2. The van der Waals surface area contributed by atoms with Gasteiger partial charge in [-0.15, -0.1) is 0 Å². The first-order chi connectivity index (χ1) is 18.5. The number of H-pyrrole nitrogens is 2. The maximum absolute atomic E-state index is 13.1. The van der Waals surface area contributed by atoms with Crippen molar-refractivity contribution in [2.24, 2.45) is 0 Å². The lowest BCUT2D eigenvalue weighted by Gasteiger charge is -2.09. The van der Waals surface area contributed by atoms with Crippen molar-refractivity contribution >= 4 is 34.1 Å². The first-order valence-electron chi connectivity index (χ1n) is 11.9. The van der Waals surface area contributed by atoms with E-state index < -0.39 is 11.7 Å². The number of nitrogens with zero attached hydrogens (tertiary/aromatic N) is 2. The Balaban J connectivity index is 1.32. The van der Waals surface area contributed by atoms with Gasteiger partial charge in [0.2, 0.25) is 5.91 Å². The lowest BCUT2D eigenvalue weighted by atomic mass is 10.1. The summed E-state index contributed by atoms with van der Waals surface area (Å²) >= 11 is 0. The molecule has 3 aromatic carbocycles. The summed E-state index contributed by atoms with van der Waals surface area (Å²) in [7, 11) is 0. The molecule has 188 valence electrons. The number of benzene rings is 3. The molecule has 5 rings (SSSR count). The number of hydrogen-bond donors (Lipinski definition) is 4. The second-order valence-electron chi connectivity index (χ2n) is 8.61. The minimum atomic E-state index is -0.759. The fraction of sp³-hybridized carbons (Fsp3) is 0.107. The molecule has 0 bridgehead atoms. The molecule has 0 fully saturated rings. The molecule has 38 heavy (non-hydrogen) atoms. The molecule has 5 aromatic rings. The Morgan fingerprint density at radius 3 is 2.55 bits per heavy atom. The number of aryl methyl sites for hydroxylation is 1. The van der Waals surface area contributed by atoms with E-state index in [0.717, 1.165) is 11.8 Å². The van der Waals surface area contributed by atoms with E-state index >= 15 is 0 Å². The van der Waals surface area contributed by atoms with Crippen molar-refractivity contribution in [3.8, 4) is 17.5 Å². The van der Waals surface area contributed by atoms with Crippen LogP contribution in [0.4, 0.5) is 11.4 Å². The molecule has 0 spiro atoms. The fourth-order valence-corrected chi connectivity index (χ4v) is 4.15. The third-order valence-corrected chi connectivity index (χ3v) is 5.98. The van der Waals surface area contributed by atoms with Gasteiger partial charge in [-0.3, -0.25) is 19.1 Å². The molecule has 4 N–H and O–H groups in total. The number of nitriles is 1. The van der Waals surface area contributed by atoms with Crippen LogP contribution < -0.4 is 16.4 Å². The van der Waals surface area contributed by atoms with Crippen LogP contribution >= 0.6 is 0 Å². The lowest BCUT2D eigenvalue weighted by Crippen LogP contribution is -2.14. The Bertz CT molecular complexity index is 1730. The van der Waals surface area contributed by atoms with Crippen LogP contribution in [0.2, 0.25) is 0 Å². The minimum absolute atomic E-state index is 0.0799. The number of aromatic nitrogens is 3. The molecule has 0 aliphatic heterocycles. The first-order valence-corrected chi connectivity index (χ1v) is 11.9. The maximum Gasteiger partial charge on any atom is 0.439 e. The average molecular weight is 507 g/mol. The zero-order valence-electron chi connectivity index (χ0n) is 20.1. The van der Waals surface area contributed by atoms with Gasteiger partial charge in [-0.25, -0.2) is 4.79 Å². The van der Waals surface area contributed by atoms with Crippen molar-refractivity contribution in [3.05, 3.63) is 100 Å². The Morgan fingerprint density at radius 1 is 0.947 bits per heavy atom. The largest absolute Gasteiger partial charge is 0.439 e. The normalized spacial score (nSPS) is 10.7. The molecule has 2 heterocycles. The summed E-state index contributed by atoms with van der Waals surface area (Å²) in [5, 5.41) is 19.4. The molecule has 0 atom stereocenters. The standard InChI is InChI=1S/C28H22N6O4/c29-16-18-12-13-21(20(14-18)26-33-28(37)38-34-26)32-27(36)23-15-19-9-5-10-22(25(19)31-23)30-24(35)11-4-8-17-6-2-1-3-7-17/h1-3,5-7,9-10,12-15,31H,4,8,11H2,(H,30,35)(H,32,36)(H,33,34,37). The second-order valence-corrected chi connectivity index (χ2v) is 8.61. The highest BCUT2D eigenvalue weighted by Crippen LogP contribution is 2.28. The van der Waals surface area contributed by atoms with Gasteiger partial charge in [0.25, 0.3) is 5.91 Å². The minimum Gasteiger partial charge on any atom is -0.349 e. The van der Waals surface area contributed by atoms with E-state index in [2.05, 4.69) is 30.3 Å². The van der Waals surface area contributed by atoms with Crippen molar-refractivity contribution in [2.75, 3.05) is 10.6 Å². The topological polar surface area (TPSA) is 157 Å². The maximum atomic E-state index is 13.1. The summed E-state index contributed by atoms with van der Waals surface area (Å²) in [5.74, 6) is -1.25. The van der Waals surface area contributed by atoms with Crippen molar-refractivity contribution in [1.29, 1.82) is 5.26 Å². The van der Waals surface area contributed by atoms with Gasteiger partial charge in [-0.2, -0.15) is 5.26 Å². The fourth-order valence-electron chi connectivity index (χ4n) is 4.15. The summed E-state index contributed by atoms with van der Waals surface area (Å²) in [6.07, 6.45) is 1.89. The molecule has 0 aliphatic carbocycles. The van der Waals surface area contributed by atoms with Gasteiger partial charge in [0, 0.05) is 17.4 Å². The highest BCUT2D eigenvalue weighted by molar-refractivity contribution is 6.09. The van der Waals surface area contributed by atoms with Crippen LogP contribution in [0.1, 0.15) is 34.5 Å². The van der Waals surface area contributed by atoms with Gasteiger partial charge in [0.1, 0.15) is 5.69 Å². The zero-order chi connectivity index (χ0) is 26.5. The van der Waals surface area contributed by atoms with Crippen molar-refractivity contribution < 1.29 is 14.1 Å². The van der Waals surface area contributed by atoms with Crippen LogP contribution in [0.15, 0.2) is 82.1 Å². The van der Waals surface area contributed by atoms with E-state index in [-0.39, 0.29) is 17.4 Å². The number of hydrogen-bond acceptors (Lipinski definition) is 6. The highest BCUT2D eigenvalue weighted by atomic mass is 16.5. The molecule has 0 saturated heterocycles. The number of carbonyl (C=O) groups excluding carboxylic acids is 2. The van der Waals surface area contributed by atoms with Gasteiger partial charge >= 0.3 is 5.76 Å². The molecule has 0 unspecified atom stereocenters. The molecular weight excluding hydrogens is 484 g/mol. The average Bonchev–Trinajstić information content (AvgIpc) is 3.57. The number of aromatic amines is 2. The Hall–Kier alpha value is -5.43. The molecular formula is C28H22N6O4. The Labute approximate surface area is 216 Å². The van der Waals surface area contributed by atoms with Crippen LogP contribution in [0.3, 0.4) is 0 Å². The van der Waals surface area contributed by atoms with Crippen LogP contribution in [0.25, 0.3) is 22.3 Å². The molecule has 2 amide bonds. The summed E-state index contributed by atoms with van der Waals surface area (Å²) in [5.41, 5.74) is 3.60. The second kappa shape index (κ2) is 10.7. The summed E-state index contributed by atoms with van der Waals surface area (Å²) in [6, 6.07) is 23.7. The van der Waals surface area contributed by atoms with E-state index in [0.29, 0.717) is 40.9 Å². The molecule has 0 saturated carbocycles. The van der Waals surface area contributed by atoms with Crippen LogP contribution in [0, 0.1) is 11.3 Å². The predicted octanol–water partition coefficient (Wildman–Crippen LogP) is 4.60. The third-order valence-electron chi connectivity index (χ3n) is 5.98. The molecule has 2 aromatic heterocycles. The molecule has 0 aliphatic rings. The Morgan fingerprint density at radius 2 is 1.79 bits per heavy atom. The van der Waals surface area contributed by atoms with Crippen LogP contribution in [0.5, 0.6) is 0 Å². The van der Waals surface area contributed by atoms with E-state index in [1.807, 2.05) is 42.5 Å².